The monoisotopic (exact) mass is 448 g/mol. The van der Waals surface area contributed by atoms with Crippen molar-refractivity contribution in [3.8, 4) is 0 Å². The third kappa shape index (κ3) is 7.35. The highest BCUT2D eigenvalue weighted by Gasteiger charge is 2.45. The van der Waals surface area contributed by atoms with Gasteiger partial charge >= 0.3 is 0 Å². The number of carbonyl (C=O) groups excluding carboxylic acids is 2. The van der Waals surface area contributed by atoms with Crippen molar-refractivity contribution < 1.29 is 44.2 Å². The van der Waals surface area contributed by atoms with Gasteiger partial charge in [0, 0.05) is 33.6 Å². The van der Waals surface area contributed by atoms with Crippen LogP contribution in [0.4, 0.5) is 0 Å². The Bertz CT molecular complexity index is 579. The van der Waals surface area contributed by atoms with Crippen LogP contribution in [0.5, 0.6) is 0 Å². The average Bonchev–Trinajstić information content (AvgIpc) is 3.09. The van der Waals surface area contributed by atoms with E-state index in [1.165, 1.54) is 6.92 Å². The summed E-state index contributed by atoms with van der Waals surface area (Å²) in [4.78, 5) is 25.5. The van der Waals surface area contributed by atoms with Gasteiger partial charge in [-0.3, -0.25) is 9.59 Å². The number of aliphatic hydroxyl groups excluding tert-OH is 4. The number of carbonyl (C=O) groups is 2. The number of nitrogens with zero attached hydrogens (tertiary/aromatic N) is 1. The first-order valence-corrected chi connectivity index (χ1v) is 10.8. The van der Waals surface area contributed by atoms with E-state index in [0.29, 0.717) is 45.3 Å². The van der Waals surface area contributed by atoms with Crippen LogP contribution in [-0.4, -0.2) is 113 Å². The summed E-state index contributed by atoms with van der Waals surface area (Å²) >= 11 is 0. The molecule has 2 unspecified atom stereocenters. The van der Waals surface area contributed by atoms with E-state index in [0.717, 1.165) is 0 Å². The van der Waals surface area contributed by atoms with Gasteiger partial charge in [-0.1, -0.05) is 6.42 Å². The van der Waals surface area contributed by atoms with E-state index >= 15 is 0 Å². The quantitative estimate of drug-likeness (QED) is 0.228. The minimum atomic E-state index is -1.35. The number of nitrogens with one attached hydrogen (secondary N) is 1. The molecule has 0 aromatic rings. The largest absolute Gasteiger partial charge is 0.394 e. The standard InChI is InChI=1S/C20H36N2O9/c1-12(24)21-17-19(28)18(27)15(10-23)31-20(17)30-7-5-3-4-6-16(26)22-9-14(25)8-13(22)11-29-2/h13-15,17-20,23,25,27-28H,3-11H2,1-2H3,(H,21,24)/t13-,14+,15?,17?,18-,19+,20+/m0/s1. The first-order chi connectivity index (χ1) is 14.8. The van der Waals surface area contributed by atoms with Crippen LogP contribution in [0.3, 0.4) is 0 Å². The lowest BCUT2D eigenvalue weighted by Gasteiger charge is -2.42. The van der Waals surface area contributed by atoms with Gasteiger partial charge < -0.3 is 44.9 Å². The molecule has 2 saturated heterocycles. The van der Waals surface area contributed by atoms with E-state index in [1.54, 1.807) is 12.0 Å². The molecule has 180 valence electrons. The lowest BCUT2D eigenvalue weighted by molar-refractivity contribution is -0.270. The lowest BCUT2D eigenvalue weighted by Crippen LogP contribution is -2.64. The molecule has 0 aromatic carbocycles. The number of unbranched alkanes of at least 4 members (excludes halogenated alkanes) is 2. The van der Waals surface area contributed by atoms with E-state index < -0.39 is 49.3 Å². The summed E-state index contributed by atoms with van der Waals surface area (Å²) in [5.74, 6) is -0.419. The van der Waals surface area contributed by atoms with Crippen LogP contribution < -0.4 is 5.32 Å². The molecule has 7 atom stereocenters. The fraction of sp³-hybridized carbons (Fsp3) is 0.900. The molecule has 11 nitrogen and oxygen atoms in total. The van der Waals surface area contributed by atoms with Crippen LogP contribution in [0.2, 0.25) is 0 Å². The van der Waals surface area contributed by atoms with Crippen molar-refractivity contribution in [2.45, 2.75) is 81.8 Å². The maximum Gasteiger partial charge on any atom is 0.222 e. The number of ether oxygens (including phenoxy) is 3. The second-order valence-corrected chi connectivity index (χ2v) is 8.16. The van der Waals surface area contributed by atoms with Gasteiger partial charge in [0.05, 0.1) is 25.4 Å². The van der Waals surface area contributed by atoms with Gasteiger partial charge in [0.15, 0.2) is 6.29 Å². The third-order valence-electron chi connectivity index (χ3n) is 5.64. The number of amides is 2. The smallest absolute Gasteiger partial charge is 0.222 e. The Kier molecular flexibility index (Phi) is 10.6. The van der Waals surface area contributed by atoms with E-state index in [2.05, 4.69) is 5.32 Å². The lowest BCUT2D eigenvalue weighted by atomic mass is 9.97. The summed E-state index contributed by atoms with van der Waals surface area (Å²) in [6.45, 7) is 1.78. The maximum absolute atomic E-state index is 12.4. The molecule has 2 aliphatic rings. The number of aliphatic hydroxyl groups is 4. The molecule has 2 heterocycles. The Morgan fingerprint density at radius 1 is 1.16 bits per heavy atom. The molecule has 2 amide bonds. The van der Waals surface area contributed by atoms with Gasteiger partial charge in [-0.25, -0.2) is 0 Å². The summed E-state index contributed by atoms with van der Waals surface area (Å²) in [5, 5.41) is 41.9. The van der Waals surface area contributed by atoms with Crippen molar-refractivity contribution in [3.05, 3.63) is 0 Å². The van der Waals surface area contributed by atoms with Crippen molar-refractivity contribution in [2.24, 2.45) is 0 Å². The molecule has 0 aliphatic carbocycles. The van der Waals surface area contributed by atoms with Crippen molar-refractivity contribution in [1.29, 1.82) is 0 Å². The second kappa shape index (κ2) is 12.6. The van der Waals surface area contributed by atoms with Gasteiger partial charge in [0.2, 0.25) is 11.8 Å². The molecule has 2 aliphatic heterocycles. The molecule has 2 rings (SSSR count). The first kappa shape index (κ1) is 25.9. The molecule has 0 bridgehead atoms. The van der Waals surface area contributed by atoms with Crippen LogP contribution in [-0.2, 0) is 23.8 Å². The fourth-order valence-corrected chi connectivity index (χ4v) is 4.06. The predicted octanol–water partition coefficient (Wildman–Crippen LogP) is -1.88. The normalized spacial score (nSPS) is 33.5. The van der Waals surface area contributed by atoms with Crippen LogP contribution in [0.15, 0.2) is 0 Å². The Hall–Kier alpha value is -1.34. The van der Waals surface area contributed by atoms with Crippen LogP contribution in [0.1, 0.15) is 39.0 Å². The topological polar surface area (TPSA) is 158 Å². The highest BCUT2D eigenvalue weighted by molar-refractivity contribution is 5.77. The van der Waals surface area contributed by atoms with Crippen LogP contribution in [0.25, 0.3) is 0 Å². The molecular formula is C20H36N2O9. The molecule has 0 radical (unpaired) electrons. The zero-order valence-electron chi connectivity index (χ0n) is 18.2. The minimum Gasteiger partial charge on any atom is -0.394 e. The summed E-state index contributed by atoms with van der Waals surface area (Å²) in [6.07, 6.45) is -2.36. The van der Waals surface area contributed by atoms with E-state index in [4.69, 9.17) is 14.2 Å². The Balaban J connectivity index is 1.73. The van der Waals surface area contributed by atoms with Gasteiger partial charge in [-0.05, 0) is 19.3 Å². The van der Waals surface area contributed by atoms with Gasteiger partial charge in [-0.2, -0.15) is 0 Å². The van der Waals surface area contributed by atoms with Crippen molar-refractivity contribution in [1.82, 2.24) is 10.2 Å². The van der Waals surface area contributed by atoms with E-state index in [-0.39, 0.29) is 18.6 Å². The van der Waals surface area contributed by atoms with Gasteiger partial charge in [-0.15, -0.1) is 0 Å². The Morgan fingerprint density at radius 2 is 1.90 bits per heavy atom. The summed E-state index contributed by atoms with van der Waals surface area (Å²) in [6, 6.07) is -1.05. The molecule has 11 heteroatoms. The number of methoxy groups -OCH3 is 1. The number of rotatable bonds is 11. The second-order valence-electron chi connectivity index (χ2n) is 8.16. The SMILES string of the molecule is COC[C@@H]1C[C@@H](O)CN1C(=O)CCCCCO[C@@H]1OC(CO)[C@H](O)[C@H](O)C1NC(C)=O. The zero-order valence-corrected chi connectivity index (χ0v) is 18.2. The van der Waals surface area contributed by atoms with Gasteiger partial charge in [0.25, 0.3) is 0 Å². The Labute approximate surface area is 182 Å². The highest BCUT2D eigenvalue weighted by atomic mass is 16.7. The molecule has 31 heavy (non-hydrogen) atoms. The summed E-state index contributed by atoms with van der Waals surface area (Å²) in [7, 11) is 1.57. The number of likely N-dealkylation sites (tertiary alicyclic amines) is 1. The molecule has 5 N–H and O–H groups in total. The van der Waals surface area contributed by atoms with Crippen LogP contribution in [0, 0.1) is 0 Å². The van der Waals surface area contributed by atoms with E-state index in [1.807, 2.05) is 0 Å². The highest BCUT2D eigenvalue weighted by Crippen LogP contribution is 2.23. The number of hydrogen-bond acceptors (Lipinski definition) is 9. The van der Waals surface area contributed by atoms with Crippen molar-refractivity contribution in [3.63, 3.8) is 0 Å². The zero-order chi connectivity index (χ0) is 23.0. The molecule has 2 fully saturated rings. The Morgan fingerprint density at radius 3 is 2.55 bits per heavy atom. The predicted molar refractivity (Wildman–Crippen MR) is 108 cm³/mol. The number of β-amino-alcohol motifs (C(OH)–C–C–N with tert-alkyl or cyclic N) is 1. The van der Waals surface area contributed by atoms with Gasteiger partial charge in [0.1, 0.15) is 24.4 Å². The fourth-order valence-electron chi connectivity index (χ4n) is 4.06. The minimum absolute atomic E-state index is 0.0104. The third-order valence-corrected chi connectivity index (χ3v) is 5.64. The average molecular weight is 449 g/mol. The van der Waals surface area contributed by atoms with Crippen molar-refractivity contribution in [2.75, 3.05) is 33.5 Å². The molecule has 0 saturated carbocycles. The molecule has 0 aromatic heterocycles. The first-order valence-electron chi connectivity index (χ1n) is 10.8. The maximum atomic E-state index is 12.4. The number of hydrogen-bond donors (Lipinski definition) is 5. The van der Waals surface area contributed by atoms with Crippen LogP contribution >= 0.6 is 0 Å². The van der Waals surface area contributed by atoms with Crippen molar-refractivity contribution >= 4 is 11.8 Å². The summed E-state index contributed by atoms with van der Waals surface area (Å²) < 4.78 is 16.3. The molecule has 0 spiro atoms. The summed E-state index contributed by atoms with van der Waals surface area (Å²) in [5.41, 5.74) is 0. The molecular weight excluding hydrogens is 412 g/mol. The van der Waals surface area contributed by atoms with E-state index in [9.17, 15) is 30.0 Å².